The molecule has 0 saturated heterocycles. The normalized spacial score (nSPS) is 10.4. The van der Waals surface area contributed by atoms with Crippen LogP contribution in [0.15, 0.2) is 114 Å². The zero-order chi connectivity index (χ0) is 28.8. The summed E-state index contributed by atoms with van der Waals surface area (Å²) in [5, 5.41) is 12.6. The fourth-order valence-corrected chi connectivity index (χ4v) is 4.39. The molecule has 0 spiro atoms. The van der Waals surface area contributed by atoms with Crippen LogP contribution in [0.4, 0.5) is 5.88 Å². The molecule has 7 heteroatoms. The molecule has 1 heterocycles. The summed E-state index contributed by atoms with van der Waals surface area (Å²) in [6.45, 7) is 1.26. The third-order valence-electron chi connectivity index (χ3n) is 6.41. The van der Waals surface area contributed by atoms with Crippen LogP contribution < -0.4 is 5.32 Å². The van der Waals surface area contributed by atoms with Crippen LogP contribution in [0.5, 0.6) is 0 Å². The lowest BCUT2D eigenvalue weighted by molar-refractivity contribution is -0.119. The largest absolute Gasteiger partial charge is 0.452 e. The second-order valence-electron chi connectivity index (χ2n) is 9.22. The Morgan fingerprint density at radius 1 is 0.780 bits per heavy atom. The lowest BCUT2D eigenvalue weighted by atomic mass is 9.98. The Morgan fingerprint density at radius 2 is 1.37 bits per heavy atom. The van der Waals surface area contributed by atoms with E-state index in [0.717, 1.165) is 16.7 Å². The average Bonchev–Trinajstić information content (AvgIpc) is 3.38. The van der Waals surface area contributed by atoms with E-state index < -0.39 is 18.5 Å². The molecule has 0 bridgehead atoms. The van der Waals surface area contributed by atoms with Crippen molar-refractivity contribution in [3.63, 3.8) is 0 Å². The average molecular weight is 541 g/mol. The van der Waals surface area contributed by atoms with E-state index in [9.17, 15) is 19.6 Å². The van der Waals surface area contributed by atoms with Crippen LogP contribution >= 0.6 is 0 Å². The number of hydrogen-bond donors (Lipinski definition) is 1. The molecule has 5 rings (SSSR count). The van der Waals surface area contributed by atoms with Crippen molar-refractivity contribution in [2.75, 3.05) is 11.9 Å². The summed E-state index contributed by atoms with van der Waals surface area (Å²) in [4.78, 5) is 38.9. The lowest BCUT2D eigenvalue weighted by Crippen LogP contribution is -2.22. The van der Waals surface area contributed by atoms with E-state index in [0.29, 0.717) is 16.9 Å². The molecule has 0 aliphatic rings. The van der Waals surface area contributed by atoms with Crippen LogP contribution in [-0.2, 0) is 9.53 Å². The van der Waals surface area contributed by atoms with Crippen LogP contribution in [0, 0.1) is 18.3 Å². The SMILES string of the molecule is Cc1ccc(C(=O)c2ccccc2C(=O)OCC(=O)Nc2oc(-c3ccccc3)c(-c3ccccc3)c2C#N)cc1. The molecular weight excluding hydrogens is 516 g/mol. The number of nitrogens with one attached hydrogen (secondary N) is 1. The number of rotatable bonds is 8. The number of carbonyl (C=O) groups is 3. The Balaban J connectivity index is 1.36. The molecule has 0 saturated carbocycles. The van der Waals surface area contributed by atoms with Crippen molar-refractivity contribution < 1.29 is 23.5 Å². The number of carbonyl (C=O) groups excluding carboxylic acids is 3. The Labute approximate surface area is 236 Å². The highest BCUT2D eigenvalue weighted by molar-refractivity contribution is 6.14. The van der Waals surface area contributed by atoms with Crippen molar-refractivity contribution in [2.24, 2.45) is 0 Å². The second kappa shape index (κ2) is 12.0. The number of furan rings is 1. The van der Waals surface area contributed by atoms with Crippen molar-refractivity contribution in [2.45, 2.75) is 6.92 Å². The van der Waals surface area contributed by atoms with Gasteiger partial charge in [-0.05, 0) is 18.6 Å². The Hall–Kier alpha value is -5.74. The zero-order valence-corrected chi connectivity index (χ0v) is 22.1. The minimum Gasteiger partial charge on any atom is -0.452 e. The highest BCUT2D eigenvalue weighted by Crippen LogP contribution is 2.41. The molecule has 1 N–H and O–H groups in total. The monoisotopic (exact) mass is 540 g/mol. The maximum Gasteiger partial charge on any atom is 0.339 e. The minimum absolute atomic E-state index is 0.0410. The quantitative estimate of drug-likeness (QED) is 0.171. The van der Waals surface area contributed by atoms with E-state index in [-0.39, 0.29) is 28.4 Å². The van der Waals surface area contributed by atoms with E-state index in [4.69, 9.17) is 9.15 Å². The maximum absolute atomic E-state index is 13.1. The molecule has 7 nitrogen and oxygen atoms in total. The summed E-state index contributed by atoms with van der Waals surface area (Å²) in [6, 6.07) is 33.9. The molecule has 1 aromatic heterocycles. The molecule has 200 valence electrons. The number of hydrogen-bond acceptors (Lipinski definition) is 6. The van der Waals surface area contributed by atoms with Crippen molar-refractivity contribution in [3.8, 4) is 28.5 Å². The number of benzene rings is 4. The van der Waals surface area contributed by atoms with Gasteiger partial charge in [0.25, 0.3) is 5.91 Å². The third-order valence-corrected chi connectivity index (χ3v) is 6.41. The number of aryl methyl sites for hydroxylation is 1. The highest BCUT2D eigenvalue weighted by atomic mass is 16.5. The fourth-order valence-electron chi connectivity index (χ4n) is 4.39. The molecule has 1 amide bonds. The Morgan fingerprint density at radius 3 is 2.00 bits per heavy atom. The van der Waals surface area contributed by atoms with Gasteiger partial charge in [-0.1, -0.05) is 109 Å². The maximum atomic E-state index is 13.1. The van der Waals surface area contributed by atoms with Crippen molar-refractivity contribution in [3.05, 3.63) is 137 Å². The predicted molar refractivity (Wildman–Crippen MR) is 154 cm³/mol. The summed E-state index contributed by atoms with van der Waals surface area (Å²) in [5.74, 6) is -1.50. The molecule has 0 aliphatic heterocycles. The van der Waals surface area contributed by atoms with Gasteiger partial charge in [0.15, 0.2) is 12.4 Å². The lowest BCUT2D eigenvalue weighted by Gasteiger charge is -2.09. The first-order valence-corrected chi connectivity index (χ1v) is 12.8. The number of anilines is 1. The standard InChI is InChI=1S/C34H24N2O5/c1-22-16-18-24(19-17-22)31(38)26-14-8-9-15-27(26)34(39)40-21-29(37)36-33-28(20-35)30(23-10-4-2-5-11-23)32(41-33)25-12-6-3-7-13-25/h2-19H,21H2,1H3,(H,36,37). The molecule has 0 aliphatic carbocycles. The van der Waals surface area contributed by atoms with Crippen LogP contribution in [0.3, 0.4) is 0 Å². The highest BCUT2D eigenvalue weighted by Gasteiger charge is 2.25. The molecule has 0 atom stereocenters. The van der Waals surface area contributed by atoms with E-state index in [2.05, 4.69) is 11.4 Å². The van der Waals surface area contributed by atoms with Gasteiger partial charge in [0.05, 0.1) is 5.56 Å². The predicted octanol–water partition coefficient (Wildman–Crippen LogP) is 6.82. The van der Waals surface area contributed by atoms with Crippen LogP contribution in [-0.4, -0.2) is 24.3 Å². The first-order chi connectivity index (χ1) is 20.0. The number of nitriles is 1. The number of ether oxygens (including phenoxy) is 1. The fraction of sp³-hybridized carbons (Fsp3) is 0.0588. The summed E-state index contributed by atoms with van der Waals surface area (Å²) >= 11 is 0. The van der Waals surface area contributed by atoms with Gasteiger partial charge in [0, 0.05) is 22.3 Å². The third kappa shape index (κ3) is 5.82. The van der Waals surface area contributed by atoms with Gasteiger partial charge in [-0.3, -0.25) is 14.9 Å². The molecule has 4 aromatic carbocycles. The van der Waals surface area contributed by atoms with Gasteiger partial charge in [-0.15, -0.1) is 0 Å². The van der Waals surface area contributed by atoms with Crippen LogP contribution in [0.2, 0.25) is 0 Å². The summed E-state index contributed by atoms with van der Waals surface area (Å²) in [6.07, 6.45) is 0. The summed E-state index contributed by atoms with van der Waals surface area (Å²) in [5.41, 5.74) is 3.79. The van der Waals surface area contributed by atoms with Gasteiger partial charge < -0.3 is 9.15 Å². The van der Waals surface area contributed by atoms with E-state index in [1.54, 1.807) is 24.3 Å². The van der Waals surface area contributed by atoms with Gasteiger partial charge >= 0.3 is 5.97 Å². The number of esters is 1. The number of ketones is 1. The van der Waals surface area contributed by atoms with Gasteiger partial charge in [-0.25, -0.2) is 4.79 Å². The summed E-state index contributed by atoms with van der Waals surface area (Å²) < 4.78 is 11.3. The second-order valence-corrected chi connectivity index (χ2v) is 9.22. The van der Waals surface area contributed by atoms with E-state index >= 15 is 0 Å². The van der Waals surface area contributed by atoms with E-state index in [1.807, 2.05) is 79.7 Å². The molecule has 0 unspecified atom stereocenters. The van der Waals surface area contributed by atoms with Crippen molar-refractivity contribution >= 4 is 23.5 Å². The zero-order valence-electron chi connectivity index (χ0n) is 22.1. The van der Waals surface area contributed by atoms with E-state index in [1.165, 1.54) is 12.1 Å². The van der Waals surface area contributed by atoms with Gasteiger partial charge in [-0.2, -0.15) is 5.26 Å². The topological polar surface area (TPSA) is 109 Å². The van der Waals surface area contributed by atoms with Crippen molar-refractivity contribution in [1.29, 1.82) is 5.26 Å². The molecule has 41 heavy (non-hydrogen) atoms. The number of nitrogens with zero attached hydrogens (tertiary/aromatic N) is 1. The smallest absolute Gasteiger partial charge is 0.339 e. The first-order valence-electron chi connectivity index (χ1n) is 12.8. The first kappa shape index (κ1) is 26.9. The number of amides is 1. The van der Waals surface area contributed by atoms with Gasteiger partial charge in [0.1, 0.15) is 17.4 Å². The minimum atomic E-state index is -0.828. The van der Waals surface area contributed by atoms with Gasteiger partial charge in [0.2, 0.25) is 5.88 Å². The van der Waals surface area contributed by atoms with Crippen LogP contribution in [0.1, 0.15) is 37.4 Å². The Bertz CT molecular complexity index is 1770. The summed E-state index contributed by atoms with van der Waals surface area (Å²) in [7, 11) is 0. The Kier molecular flexibility index (Phi) is 7.84. The van der Waals surface area contributed by atoms with Crippen LogP contribution in [0.25, 0.3) is 22.5 Å². The molecular formula is C34H24N2O5. The molecule has 0 fully saturated rings. The molecule has 5 aromatic rings. The van der Waals surface area contributed by atoms with Crippen molar-refractivity contribution in [1.82, 2.24) is 0 Å². The molecule has 0 radical (unpaired) electrons.